The van der Waals surface area contributed by atoms with E-state index in [4.69, 9.17) is 4.74 Å². The molecule has 0 aliphatic carbocycles. The molecule has 0 fully saturated rings. The molecule has 0 heterocycles. The molecule has 0 bridgehead atoms. The first kappa shape index (κ1) is 21.2. The number of benzene rings is 2. The van der Waals surface area contributed by atoms with E-state index in [0.717, 1.165) is 17.7 Å². The second-order valence-corrected chi connectivity index (χ2v) is 6.05. The second-order valence-electron chi connectivity index (χ2n) is 6.05. The van der Waals surface area contributed by atoms with Crippen molar-refractivity contribution >= 4 is 11.6 Å². The van der Waals surface area contributed by atoms with Crippen LogP contribution in [0.15, 0.2) is 47.5 Å². The monoisotopic (exact) mass is 392 g/mol. The molecule has 0 radical (unpaired) electrons. The molecule has 28 heavy (non-hydrogen) atoms. The van der Waals surface area contributed by atoms with Gasteiger partial charge in [-0.25, -0.2) is 13.8 Å². The Balaban J connectivity index is 2.09. The summed E-state index contributed by atoms with van der Waals surface area (Å²) in [7, 11) is 1.58. The molecule has 7 nitrogen and oxygen atoms in total. The lowest BCUT2D eigenvalue weighted by Gasteiger charge is -2.19. The van der Waals surface area contributed by atoms with Crippen molar-refractivity contribution in [2.45, 2.75) is 19.5 Å². The number of guanidine groups is 1. The van der Waals surface area contributed by atoms with Gasteiger partial charge in [0.25, 0.3) is 5.69 Å². The van der Waals surface area contributed by atoms with E-state index in [1.165, 1.54) is 18.2 Å². The van der Waals surface area contributed by atoms with Crippen molar-refractivity contribution in [2.24, 2.45) is 4.99 Å². The van der Waals surface area contributed by atoms with Crippen molar-refractivity contribution in [1.82, 2.24) is 10.6 Å². The first-order valence-corrected chi connectivity index (χ1v) is 8.62. The summed E-state index contributed by atoms with van der Waals surface area (Å²) in [5.41, 5.74) is 1.37. The van der Waals surface area contributed by atoms with Crippen molar-refractivity contribution in [3.63, 3.8) is 0 Å². The van der Waals surface area contributed by atoms with Crippen LogP contribution < -0.4 is 10.6 Å². The van der Waals surface area contributed by atoms with Crippen LogP contribution in [0.3, 0.4) is 0 Å². The average Bonchev–Trinajstić information content (AvgIpc) is 2.68. The van der Waals surface area contributed by atoms with Gasteiger partial charge in [-0.3, -0.25) is 10.1 Å². The van der Waals surface area contributed by atoms with Crippen LogP contribution in [0.2, 0.25) is 0 Å². The van der Waals surface area contributed by atoms with Crippen LogP contribution in [0, 0.1) is 21.7 Å². The number of methoxy groups -OCH3 is 1. The molecule has 0 saturated heterocycles. The third kappa shape index (κ3) is 6.27. The molecule has 9 heteroatoms. The van der Waals surface area contributed by atoms with Gasteiger partial charge in [0.1, 0.15) is 0 Å². The summed E-state index contributed by atoms with van der Waals surface area (Å²) in [6, 6.07) is 9.48. The quantitative estimate of drug-likeness (QED) is 0.237. The van der Waals surface area contributed by atoms with Gasteiger partial charge < -0.3 is 15.4 Å². The molecule has 2 aromatic carbocycles. The Labute approximate surface area is 161 Å². The number of halogens is 2. The summed E-state index contributed by atoms with van der Waals surface area (Å²) < 4.78 is 31.6. The first-order chi connectivity index (χ1) is 13.4. The summed E-state index contributed by atoms with van der Waals surface area (Å²) in [6.07, 6.45) is 0. The van der Waals surface area contributed by atoms with Crippen molar-refractivity contribution in [3.8, 4) is 0 Å². The van der Waals surface area contributed by atoms with E-state index >= 15 is 0 Å². The fraction of sp³-hybridized carbons (Fsp3) is 0.316. The van der Waals surface area contributed by atoms with Gasteiger partial charge in [0, 0.05) is 25.8 Å². The summed E-state index contributed by atoms with van der Waals surface area (Å²) in [4.78, 5) is 14.7. The average molecular weight is 392 g/mol. The van der Waals surface area contributed by atoms with Gasteiger partial charge >= 0.3 is 0 Å². The molecule has 2 N–H and O–H groups in total. The lowest BCUT2D eigenvalue weighted by atomic mass is 10.1. The highest BCUT2D eigenvalue weighted by Crippen LogP contribution is 2.16. The van der Waals surface area contributed by atoms with Gasteiger partial charge in [-0.1, -0.05) is 18.2 Å². The van der Waals surface area contributed by atoms with Crippen LogP contribution >= 0.6 is 0 Å². The van der Waals surface area contributed by atoms with Gasteiger partial charge in [0.2, 0.25) is 0 Å². The maximum absolute atomic E-state index is 13.5. The third-order valence-corrected chi connectivity index (χ3v) is 3.96. The molecule has 0 spiro atoms. The van der Waals surface area contributed by atoms with E-state index in [-0.39, 0.29) is 18.3 Å². The van der Waals surface area contributed by atoms with E-state index in [1.54, 1.807) is 26.2 Å². The predicted molar refractivity (Wildman–Crippen MR) is 102 cm³/mol. The number of rotatable bonds is 8. The maximum Gasteiger partial charge on any atom is 0.269 e. The molecular weight excluding hydrogens is 370 g/mol. The van der Waals surface area contributed by atoms with Crippen molar-refractivity contribution in [2.75, 3.05) is 20.3 Å². The van der Waals surface area contributed by atoms with Gasteiger partial charge in [-0.05, 0) is 30.2 Å². The first-order valence-electron chi connectivity index (χ1n) is 8.62. The molecule has 2 aromatic rings. The zero-order valence-corrected chi connectivity index (χ0v) is 15.6. The summed E-state index contributed by atoms with van der Waals surface area (Å²) >= 11 is 0. The number of hydrogen-bond acceptors (Lipinski definition) is 4. The lowest BCUT2D eigenvalue weighted by molar-refractivity contribution is -0.384. The van der Waals surface area contributed by atoms with Crippen molar-refractivity contribution < 1.29 is 18.4 Å². The Bertz CT molecular complexity index is 828. The smallest absolute Gasteiger partial charge is 0.269 e. The minimum atomic E-state index is -0.914. The highest BCUT2D eigenvalue weighted by Gasteiger charge is 2.11. The molecule has 2 rings (SSSR count). The minimum Gasteiger partial charge on any atom is -0.383 e. The van der Waals surface area contributed by atoms with Gasteiger partial charge in [0.15, 0.2) is 17.6 Å². The summed E-state index contributed by atoms with van der Waals surface area (Å²) in [5.74, 6) is -1.36. The van der Waals surface area contributed by atoms with Crippen molar-refractivity contribution in [1.29, 1.82) is 0 Å². The van der Waals surface area contributed by atoms with Crippen LogP contribution in [0.5, 0.6) is 0 Å². The Morgan fingerprint density at radius 1 is 1.21 bits per heavy atom. The molecule has 0 saturated carbocycles. The number of non-ortho nitro benzene ring substituents is 1. The standard InChI is InChI=1S/C19H22F2N4O3/c1-13(15-5-8-17(20)18(21)11-15)24-19(22-9-10-28-2)23-12-14-3-6-16(7-4-14)25(26)27/h3-8,11,13H,9-10,12H2,1-2H3,(H2,22,23,24). The molecular formula is C19H22F2N4O3. The number of ether oxygens (including phenoxy) is 1. The van der Waals surface area contributed by atoms with E-state index < -0.39 is 16.6 Å². The topological polar surface area (TPSA) is 88.8 Å². The number of nitrogens with one attached hydrogen (secondary N) is 2. The molecule has 0 aromatic heterocycles. The van der Waals surface area contributed by atoms with E-state index in [9.17, 15) is 18.9 Å². The largest absolute Gasteiger partial charge is 0.383 e. The Morgan fingerprint density at radius 2 is 1.93 bits per heavy atom. The Hall–Kier alpha value is -3.07. The lowest BCUT2D eigenvalue weighted by Crippen LogP contribution is -2.40. The van der Waals surface area contributed by atoms with Crippen LogP contribution in [0.4, 0.5) is 14.5 Å². The van der Waals surface area contributed by atoms with Gasteiger partial charge in [0.05, 0.1) is 24.1 Å². The summed E-state index contributed by atoms with van der Waals surface area (Å²) in [5, 5.41) is 16.9. The summed E-state index contributed by atoms with van der Waals surface area (Å²) in [6.45, 7) is 3.03. The van der Waals surface area contributed by atoms with Crippen molar-refractivity contribution in [3.05, 3.63) is 75.3 Å². The normalized spacial score (nSPS) is 12.5. The van der Waals surface area contributed by atoms with E-state index in [2.05, 4.69) is 15.6 Å². The molecule has 0 amide bonds. The highest BCUT2D eigenvalue weighted by molar-refractivity contribution is 5.80. The van der Waals surface area contributed by atoms with Crippen LogP contribution in [-0.2, 0) is 11.3 Å². The number of aliphatic imine (C=N–C) groups is 1. The number of nitrogens with zero attached hydrogens (tertiary/aromatic N) is 2. The van der Waals surface area contributed by atoms with Gasteiger partial charge in [-0.15, -0.1) is 0 Å². The van der Waals surface area contributed by atoms with Gasteiger partial charge in [-0.2, -0.15) is 0 Å². The molecule has 1 atom stereocenters. The fourth-order valence-electron chi connectivity index (χ4n) is 2.39. The molecule has 0 aliphatic heterocycles. The maximum atomic E-state index is 13.5. The Kier molecular flexibility index (Phi) is 7.82. The van der Waals surface area contributed by atoms with Crippen LogP contribution in [0.25, 0.3) is 0 Å². The number of hydrogen-bond donors (Lipinski definition) is 2. The van der Waals surface area contributed by atoms with E-state index in [1.807, 2.05) is 0 Å². The second kappa shape index (κ2) is 10.3. The molecule has 1 unspecified atom stereocenters. The number of nitro benzene ring substituents is 1. The fourth-order valence-corrected chi connectivity index (χ4v) is 2.39. The van der Waals surface area contributed by atoms with E-state index in [0.29, 0.717) is 24.7 Å². The Morgan fingerprint density at radius 3 is 2.54 bits per heavy atom. The van der Waals surface area contributed by atoms with Crippen LogP contribution in [-0.4, -0.2) is 31.1 Å². The number of nitro groups is 1. The molecule has 150 valence electrons. The highest BCUT2D eigenvalue weighted by atomic mass is 19.2. The molecule has 0 aliphatic rings. The zero-order valence-electron chi connectivity index (χ0n) is 15.6. The zero-order chi connectivity index (χ0) is 20.5. The SMILES string of the molecule is COCCNC(=NCc1ccc([N+](=O)[O-])cc1)NC(C)c1ccc(F)c(F)c1. The third-order valence-electron chi connectivity index (χ3n) is 3.96. The minimum absolute atomic E-state index is 0.0104. The predicted octanol–water partition coefficient (Wildman–Crippen LogP) is 3.32. The van der Waals surface area contributed by atoms with Crippen LogP contribution in [0.1, 0.15) is 24.1 Å².